The highest BCUT2D eigenvalue weighted by atomic mass is 16.5. The lowest BCUT2D eigenvalue weighted by Crippen LogP contribution is -2.37. The van der Waals surface area contributed by atoms with Crippen LogP contribution >= 0.6 is 0 Å². The summed E-state index contributed by atoms with van der Waals surface area (Å²) < 4.78 is 8.16. The molecule has 0 bridgehead atoms. The Morgan fingerprint density at radius 3 is 2.63 bits per heavy atom. The molecule has 0 amide bonds. The lowest BCUT2D eigenvalue weighted by molar-refractivity contribution is -0.0463. The van der Waals surface area contributed by atoms with Gasteiger partial charge in [-0.2, -0.15) is 5.10 Å². The number of ether oxygens (including phenoxy) is 1. The molecule has 108 valence electrons. The molecule has 0 aromatic carbocycles. The Bertz CT molecular complexity index is 378. The summed E-state index contributed by atoms with van der Waals surface area (Å²) in [5, 5.41) is 4.63. The van der Waals surface area contributed by atoms with E-state index in [-0.39, 0.29) is 5.60 Å². The van der Waals surface area contributed by atoms with Gasteiger partial charge in [-0.05, 0) is 31.7 Å². The Morgan fingerprint density at radius 1 is 1.37 bits per heavy atom. The van der Waals surface area contributed by atoms with E-state index in [0.717, 1.165) is 31.4 Å². The second-order valence-corrected chi connectivity index (χ2v) is 5.64. The van der Waals surface area contributed by atoms with E-state index in [0.29, 0.717) is 19.2 Å². The fourth-order valence-corrected chi connectivity index (χ4v) is 2.97. The van der Waals surface area contributed by atoms with E-state index >= 15 is 0 Å². The van der Waals surface area contributed by atoms with E-state index in [9.17, 15) is 0 Å². The first-order valence-electron chi connectivity index (χ1n) is 7.61. The Hall–Kier alpha value is -0.870. The maximum Gasteiger partial charge on any atom is 0.0914 e. The van der Waals surface area contributed by atoms with E-state index in [1.165, 1.54) is 12.8 Å². The molecule has 1 heterocycles. The fraction of sp³-hybridized carbons (Fsp3) is 0.800. The second kappa shape index (κ2) is 6.53. The number of hydrogen-bond donors (Lipinski definition) is 1. The molecule has 0 radical (unpaired) electrons. The monoisotopic (exact) mass is 265 g/mol. The van der Waals surface area contributed by atoms with Gasteiger partial charge in [-0.25, -0.2) is 0 Å². The maximum atomic E-state index is 6.09. The van der Waals surface area contributed by atoms with Crippen molar-refractivity contribution >= 4 is 0 Å². The summed E-state index contributed by atoms with van der Waals surface area (Å²) in [6, 6.07) is 2.57. The van der Waals surface area contributed by atoms with Crippen molar-refractivity contribution < 1.29 is 4.74 Å². The highest BCUT2D eigenvalue weighted by Crippen LogP contribution is 2.32. The SMILES string of the molecule is CCC(CC)n1ccc(COC2(CN)CCCC2)n1. The average molecular weight is 265 g/mol. The summed E-state index contributed by atoms with van der Waals surface area (Å²) in [6.07, 6.45) is 8.96. The summed E-state index contributed by atoms with van der Waals surface area (Å²) in [4.78, 5) is 0. The summed E-state index contributed by atoms with van der Waals surface area (Å²) in [5.41, 5.74) is 6.81. The Balaban J connectivity index is 1.93. The average Bonchev–Trinajstić information content (AvgIpc) is 3.08. The van der Waals surface area contributed by atoms with Gasteiger partial charge in [0.1, 0.15) is 0 Å². The van der Waals surface area contributed by atoms with Crippen molar-refractivity contribution in [2.75, 3.05) is 6.54 Å². The van der Waals surface area contributed by atoms with Crippen LogP contribution in [0.2, 0.25) is 0 Å². The van der Waals surface area contributed by atoms with Crippen molar-refractivity contribution in [3.8, 4) is 0 Å². The molecule has 19 heavy (non-hydrogen) atoms. The molecule has 0 saturated heterocycles. The van der Waals surface area contributed by atoms with Crippen molar-refractivity contribution in [2.45, 2.75) is 70.6 Å². The molecule has 4 heteroatoms. The molecular weight excluding hydrogens is 238 g/mol. The molecule has 4 nitrogen and oxygen atoms in total. The van der Waals surface area contributed by atoms with Gasteiger partial charge in [-0.3, -0.25) is 4.68 Å². The molecule has 1 saturated carbocycles. The van der Waals surface area contributed by atoms with Gasteiger partial charge in [-0.15, -0.1) is 0 Å². The van der Waals surface area contributed by atoms with Crippen LogP contribution in [0.4, 0.5) is 0 Å². The molecule has 0 unspecified atom stereocenters. The summed E-state index contributed by atoms with van der Waals surface area (Å²) in [5.74, 6) is 0. The third kappa shape index (κ3) is 3.37. The topological polar surface area (TPSA) is 53.1 Å². The molecule has 1 aliphatic rings. The fourth-order valence-electron chi connectivity index (χ4n) is 2.97. The zero-order chi connectivity index (χ0) is 13.7. The zero-order valence-corrected chi connectivity index (χ0v) is 12.3. The van der Waals surface area contributed by atoms with Gasteiger partial charge in [0.2, 0.25) is 0 Å². The van der Waals surface area contributed by atoms with Crippen LogP contribution in [-0.4, -0.2) is 21.9 Å². The van der Waals surface area contributed by atoms with E-state index in [1.807, 2.05) is 0 Å². The van der Waals surface area contributed by atoms with Gasteiger partial charge in [0.05, 0.1) is 23.9 Å². The zero-order valence-electron chi connectivity index (χ0n) is 12.3. The number of hydrogen-bond acceptors (Lipinski definition) is 3. The highest BCUT2D eigenvalue weighted by molar-refractivity contribution is 4.99. The first kappa shape index (κ1) is 14.5. The summed E-state index contributed by atoms with van der Waals surface area (Å²) >= 11 is 0. The Labute approximate surface area is 116 Å². The Kier molecular flexibility index (Phi) is 4.99. The van der Waals surface area contributed by atoms with Crippen LogP contribution in [0.5, 0.6) is 0 Å². The molecule has 1 aliphatic carbocycles. The van der Waals surface area contributed by atoms with Crippen LogP contribution in [0.15, 0.2) is 12.3 Å². The van der Waals surface area contributed by atoms with Gasteiger partial charge >= 0.3 is 0 Å². The standard InChI is InChI=1S/C15H27N3O/c1-3-14(4-2)18-10-7-13(17-18)11-19-15(12-16)8-5-6-9-15/h7,10,14H,3-6,8-9,11-12,16H2,1-2H3. The number of nitrogens with two attached hydrogens (primary N) is 1. The highest BCUT2D eigenvalue weighted by Gasteiger charge is 2.33. The predicted molar refractivity (Wildman–Crippen MR) is 76.9 cm³/mol. The molecule has 1 aromatic heterocycles. The van der Waals surface area contributed by atoms with E-state index < -0.39 is 0 Å². The molecule has 1 aromatic rings. The quantitative estimate of drug-likeness (QED) is 0.824. The minimum atomic E-state index is -0.0846. The largest absolute Gasteiger partial charge is 0.367 e. The first-order valence-corrected chi connectivity index (χ1v) is 7.61. The van der Waals surface area contributed by atoms with Crippen molar-refractivity contribution in [3.05, 3.63) is 18.0 Å². The number of rotatable bonds is 7. The van der Waals surface area contributed by atoms with Gasteiger partial charge in [0, 0.05) is 12.7 Å². The van der Waals surface area contributed by atoms with Crippen LogP contribution in [0.3, 0.4) is 0 Å². The van der Waals surface area contributed by atoms with Crippen LogP contribution in [0, 0.1) is 0 Å². The third-order valence-electron chi connectivity index (χ3n) is 4.39. The van der Waals surface area contributed by atoms with Gasteiger partial charge in [0.15, 0.2) is 0 Å². The summed E-state index contributed by atoms with van der Waals surface area (Å²) in [6.45, 7) is 5.62. The first-order chi connectivity index (χ1) is 9.23. The molecule has 2 N–H and O–H groups in total. The molecule has 1 fully saturated rings. The summed E-state index contributed by atoms with van der Waals surface area (Å²) in [7, 11) is 0. The third-order valence-corrected chi connectivity index (χ3v) is 4.39. The lowest BCUT2D eigenvalue weighted by Gasteiger charge is -2.27. The maximum absolute atomic E-state index is 6.09. The number of aromatic nitrogens is 2. The van der Waals surface area contributed by atoms with Crippen molar-refractivity contribution in [1.29, 1.82) is 0 Å². The van der Waals surface area contributed by atoms with Gasteiger partial charge in [0.25, 0.3) is 0 Å². The smallest absolute Gasteiger partial charge is 0.0914 e. The van der Waals surface area contributed by atoms with Crippen LogP contribution in [-0.2, 0) is 11.3 Å². The van der Waals surface area contributed by atoms with E-state index in [1.54, 1.807) is 0 Å². The van der Waals surface area contributed by atoms with Gasteiger partial charge in [-0.1, -0.05) is 26.7 Å². The molecule has 0 aliphatic heterocycles. The van der Waals surface area contributed by atoms with Crippen molar-refractivity contribution in [2.24, 2.45) is 5.73 Å². The van der Waals surface area contributed by atoms with Crippen LogP contribution < -0.4 is 5.73 Å². The van der Waals surface area contributed by atoms with E-state index in [4.69, 9.17) is 10.5 Å². The molecular formula is C15H27N3O. The molecule has 2 rings (SSSR count). The normalized spacial score (nSPS) is 18.3. The van der Waals surface area contributed by atoms with Crippen molar-refractivity contribution in [3.63, 3.8) is 0 Å². The lowest BCUT2D eigenvalue weighted by atomic mass is 10.0. The minimum absolute atomic E-state index is 0.0846. The predicted octanol–water partition coefficient (Wildman–Crippen LogP) is 3.03. The molecule has 0 atom stereocenters. The number of nitrogens with zero attached hydrogens (tertiary/aromatic N) is 2. The van der Waals surface area contributed by atoms with Crippen molar-refractivity contribution in [1.82, 2.24) is 9.78 Å². The Morgan fingerprint density at radius 2 is 2.05 bits per heavy atom. The van der Waals surface area contributed by atoms with Crippen LogP contribution in [0.25, 0.3) is 0 Å². The van der Waals surface area contributed by atoms with Gasteiger partial charge < -0.3 is 10.5 Å². The van der Waals surface area contributed by atoms with Crippen LogP contribution in [0.1, 0.15) is 64.1 Å². The van der Waals surface area contributed by atoms with E-state index in [2.05, 4.69) is 35.9 Å². The molecule has 0 spiro atoms. The second-order valence-electron chi connectivity index (χ2n) is 5.64. The minimum Gasteiger partial charge on any atom is -0.367 e.